The predicted octanol–water partition coefficient (Wildman–Crippen LogP) is 4.03. The number of hydrogen-bond acceptors (Lipinski definition) is 7. The van der Waals surface area contributed by atoms with Gasteiger partial charge in [-0.1, -0.05) is 23.4 Å². The largest absolute Gasteiger partial charge is 0.496 e. The summed E-state index contributed by atoms with van der Waals surface area (Å²) in [5.74, 6) is 2.53. The maximum Gasteiger partial charge on any atom is 0.158 e. The molecular formula is C23H28N6O2. The van der Waals surface area contributed by atoms with Gasteiger partial charge in [0.1, 0.15) is 28.7 Å². The molecule has 8 nitrogen and oxygen atoms in total. The smallest absolute Gasteiger partial charge is 0.158 e. The molecule has 0 radical (unpaired) electrons. The number of nitrogens with one attached hydrogen (secondary N) is 1. The minimum absolute atomic E-state index is 0.104. The Morgan fingerprint density at radius 2 is 1.90 bits per heavy atom. The molecule has 1 atom stereocenters. The maximum absolute atomic E-state index is 5.60. The number of aryl methyl sites for hydroxylation is 2. The third-order valence-electron chi connectivity index (χ3n) is 5.56. The summed E-state index contributed by atoms with van der Waals surface area (Å²) < 4.78 is 12.7. The molecule has 0 unspecified atom stereocenters. The highest BCUT2D eigenvalue weighted by Gasteiger charge is 2.20. The van der Waals surface area contributed by atoms with E-state index in [9.17, 15) is 0 Å². The summed E-state index contributed by atoms with van der Waals surface area (Å²) in [6, 6.07) is 12.0. The van der Waals surface area contributed by atoms with E-state index in [-0.39, 0.29) is 6.04 Å². The summed E-state index contributed by atoms with van der Waals surface area (Å²) in [7, 11) is 5.84. The second-order valence-electron chi connectivity index (χ2n) is 7.90. The molecule has 0 saturated heterocycles. The summed E-state index contributed by atoms with van der Waals surface area (Å²) in [4.78, 5) is 6.89. The first-order valence-corrected chi connectivity index (χ1v) is 10.2. The van der Waals surface area contributed by atoms with Gasteiger partial charge < -0.3 is 19.5 Å². The summed E-state index contributed by atoms with van der Waals surface area (Å²) in [6.45, 7) is 6.60. The Hall–Kier alpha value is -3.39. The van der Waals surface area contributed by atoms with Crippen molar-refractivity contribution >= 4 is 11.5 Å². The number of para-hydroxylation sites is 1. The highest BCUT2D eigenvalue weighted by molar-refractivity contribution is 5.64. The van der Waals surface area contributed by atoms with Crippen LogP contribution in [0.5, 0.6) is 5.75 Å². The van der Waals surface area contributed by atoms with Crippen molar-refractivity contribution in [2.45, 2.75) is 26.8 Å². The van der Waals surface area contributed by atoms with Gasteiger partial charge in [-0.2, -0.15) is 9.61 Å². The normalized spacial score (nSPS) is 12.5. The molecule has 0 bridgehead atoms. The molecule has 0 amide bonds. The molecular weight excluding hydrogens is 392 g/mol. The first-order valence-electron chi connectivity index (χ1n) is 10.2. The Balaban J connectivity index is 1.71. The molecule has 8 heteroatoms. The average molecular weight is 421 g/mol. The predicted molar refractivity (Wildman–Crippen MR) is 121 cm³/mol. The van der Waals surface area contributed by atoms with Crippen molar-refractivity contribution in [2.24, 2.45) is 0 Å². The molecule has 162 valence electrons. The molecule has 0 fully saturated rings. The molecule has 3 aromatic heterocycles. The Kier molecular flexibility index (Phi) is 5.65. The fourth-order valence-corrected chi connectivity index (χ4v) is 3.73. The number of benzene rings is 1. The number of likely N-dealkylation sites (N-methyl/N-ethyl adjacent to an activating group) is 1. The van der Waals surface area contributed by atoms with E-state index >= 15 is 0 Å². The molecule has 0 aliphatic rings. The number of nitrogens with zero attached hydrogens (tertiary/aromatic N) is 5. The third kappa shape index (κ3) is 3.98. The zero-order valence-corrected chi connectivity index (χ0v) is 18.8. The van der Waals surface area contributed by atoms with Gasteiger partial charge in [0, 0.05) is 35.5 Å². The van der Waals surface area contributed by atoms with Crippen molar-refractivity contribution in [3.8, 4) is 17.1 Å². The van der Waals surface area contributed by atoms with E-state index in [1.54, 1.807) is 7.11 Å². The number of ether oxygens (including phenoxy) is 1. The Morgan fingerprint density at radius 3 is 2.58 bits per heavy atom. The zero-order chi connectivity index (χ0) is 22.1. The average Bonchev–Trinajstić information content (AvgIpc) is 3.36. The van der Waals surface area contributed by atoms with Gasteiger partial charge in [-0.3, -0.25) is 0 Å². The van der Waals surface area contributed by atoms with Crippen molar-refractivity contribution in [1.29, 1.82) is 0 Å². The minimum Gasteiger partial charge on any atom is -0.496 e. The van der Waals surface area contributed by atoms with Gasteiger partial charge in [0.25, 0.3) is 0 Å². The van der Waals surface area contributed by atoms with Crippen molar-refractivity contribution in [3.63, 3.8) is 0 Å². The molecule has 0 spiro atoms. The van der Waals surface area contributed by atoms with Crippen LogP contribution in [0.25, 0.3) is 17.0 Å². The fraction of sp³-hybridized carbons (Fsp3) is 0.348. The van der Waals surface area contributed by atoms with Crippen LogP contribution in [-0.4, -0.2) is 52.4 Å². The molecule has 1 N–H and O–H groups in total. The topological polar surface area (TPSA) is 80.7 Å². The van der Waals surface area contributed by atoms with Gasteiger partial charge in [0.05, 0.1) is 13.2 Å². The molecule has 0 aliphatic heterocycles. The SMILES string of the molecule is COc1ccccc1[C@@H](CNc1c(C)c(C)nc2cc(-c3cc(C)on3)nn12)N(C)C. The van der Waals surface area contributed by atoms with Crippen molar-refractivity contribution < 1.29 is 9.26 Å². The second-order valence-corrected chi connectivity index (χ2v) is 7.90. The van der Waals surface area contributed by atoms with Crippen molar-refractivity contribution in [1.82, 2.24) is 24.7 Å². The van der Waals surface area contributed by atoms with Crippen molar-refractivity contribution in [3.05, 3.63) is 59.0 Å². The number of methoxy groups -OCH3 is 1. The Morgan fingerprint density at radius 1 is 1.13 bits per heavy atom. The fourth-order valence-electron chi connectivity index (χ4n) is 3.73. The van der Waals surface area contributed by atoms with Crippen LogP contribution < -0.4 is 10.1 Å². The summed E-state index contributed by atoms with van der Waals surface area (Å²) in [5.41, 5.74) is 5.32. The highest BCUT2D eigenvalue weighted by atomic mass is 16.5. The van der Waals surface area contributed by atoms with E-state index < -0.39 is 0 Å². The standard InChI is InChI=1S/C23H28N6O2/c1-14-11-19(27-31-14)18-12-22-25-16(3)15(2)23(29(22)26-18)24-13-20(28(4)5)17-9-7-8-10-21(17)30-6/h7-12,20,24H,13H2,1-6H3/t20-/m1/s1. The van der Waals surface area contributed by atoms with E-state index in [0.29, 0.717) is 12.2 Å². The lowest BCUT2D eigenvalue weighted by atomic mass is 10.0. The van der Waals surface area contributed by atoms with Crippen LogP contribution in [-0.2, 0) is 0 Å². The maximum atomic E-state index is 5.60. The molecule has 3 heterocycles. The zero-order valence-electron chi connectivity index (χ0n) is 18.8. The quantitative estimate of drug-likeness (QED) is 0.483. The minimum atomic E-state index is 0.104. The molecule has 31 heavy (non-hydrogen) atoms. The van der Waals surface area contributed by atoms with E-state index in [2.05, 4.69) is 42.5 Å². The molecule has 0 saturated carbocycles. The lowest BCUT2D eigenvalue weighted by Gasteiger charge is -2.27. The Bertz CT molecular complexity index is 1210. The van der Waals surface area contributed by atoms with Crippen LogP contribution in [0, 0.1) is 20.8 Å². The Labute approximate surface area is 181 Å². The van der Waals surface area contributed by atoms with E-state index in [1.165, 1.54) is 0 Å². The number of fused-ring (bicyclic) bond motifs is 1. The number of anilines is 1. The first kappa shape index (κ1) is 20.9. The van der Waals surface area contributed by atoms with Crippen LogP contribution >= 0.6 is 0 Å². The second kappa shape index (κ2) is 8.39. The van der Waals surface area contributed by atoms with E-state index in [4.69, 9.17) is 19.3 Å². The van der Waals surface area contributed by atoms with Crippen LogP contribution in [0.1, 0.15) is 28.6 Å². The molecule has 1 aromatic carbocycles. The monoisotopic (exact) mass is 420 g/mol. The summed E-state index contributed by atoms with van der Waals surface area (Å²) in [6.07, 6.45) is 0. The van der Waals surface area contributed by atoms with Gasteiger partial charge in [0.2, 0.25) is 0 Å². The molecule has 4 rings (SSSR count). The first-order chi connectivity index (χ1) is 14.9. The van der Waals surface area contributed by atoms with Gasteiger partial charge in [0.15, 0.2) is 5.65 Å². The van der Waals surface area contributed by atoms with Gasteiger partial charge >= 0.3 is 0 Å². The van der Waals surface area contributed by atoms with Gasteiger partial charge in [-0.05, 0) is 40.9 Å². The molecule has 4 aromatic rings. The van der Waals surface area contributed by atoms with Crippen LogP contribution in [0.4, 0.5) is 5.82 Å². The number of hydrogen-bond donors (Lipinski definition) is 1. The lowest BCUT2D eigenvalue weighted by Crippen LogP contribution is -2.28. The number of aromatic nitrogens is 4. The van der Waals surface area contributed by atoms with Crippen LogP contribution in [0.2, 0.25) is 0 Å². The highest BCUT2D eigenvalue weighted by Crippen LogP contribution is 2.29. The lowest BCUT2D eigenvalue weighted by molar-refractivity contribution is 0.299. The van der Waals surface area contributed by atoms with E-state index in [1.807, 2.05) is 48.7 Å². The number of rotatable bonds is 7. The van der Waals surface area contributed by atoms with Crippen LogP contribution in [0.3, 0.4) is 0 Å². The summed E-state index contributed by atoms with van der Waals surface area (Å²) >= 11 is 0. The van der Waals surface area contributed by atoms with E-state index in [0.717, 1.165) is 45.5 Å². The molecule has 0 aliphatic carbocycles. The van der Waals surface area contributed by atoms with Gasteiger partial charge in [-0.15, -0.1) is 0 Å². The third-order valence-corrected chi connectivity index (χ3v) is 5.56. The van der Waals surface area contributed by atoms with Gasteiger partial charge in [-0.25, -0.2) is 4.98 Å². The van der Waals surface area contributed by atoms with Crippen molar-refractivity contribution in [2.75, 3.05) is 33.1 Å². The summed E-state index contributed by atoms with van der Waals surface area (Å²) in [5, 5.41) is 12.5. The van der Waals surface area contributed by atoms with Crippen LogP contribution in [0.15, 0.2) is 40.9 Å².